The highest BCUT2D eigenvalue weighted by molar-refractivity contribution is 7.15. The number of thiophene rings is 1. The molecule has 216 valence electrons. The Morgan fingerprint density at radius 3 is 2.66 bits per heavy atom. The van der Waals surface area contributed by atoms with Crippen LogP contribution in [0.2, 0.25) is 0 Å². The van der Waals surface area contributed by atoms with Crippen molar-refractivity contribution in [2.45, 2.75) is 52.8 Å². The summed E-state index contributed by atoms with van der Waals surface area (Å²) in [6.07, 6.45) is 1.56. The Morgan fingerprint density at radius 2 is 1.90 bits per heavy atom. The summed E-state index contributed by atoms with van der Waals surface area (Å²) in [6.45, 7) is 13.2. The summed E-state index contributed by atoms with van der Waals surface area (Å²) in [4.78, 5) is 23.5. The SMILES string of the molecule is Cc1nnc(N[C@H](C)c2ccc(-c3ccccc3CN(C)C(=O)OC(C)(C)C)s2)c2cc(N3CCOCC3)ncc12. The summed E-state index contributed by atoms with van der Waals surface area (Å²) >= 11 is 1.73. The van der Waals surface area contributed by atoms with Gasteiger partial charge in [0.2, 0.25) is 0 Å². The van der Waals surface area contributed by atoms with E-state index < -0.39 is 5.60 Å². The highest BCUT2D eigenvalue weighted by Crippen LogP contribution is 2.36. The Bertz CT molecular complexity index is 1530. The molecule has 1 N–H and O–H groups in total. The summed E-state index contributed by atoms with van der Waals surface area (Å²) < 4.78 is 11.1. The highest BCUT2D eigenvalue weighted by Gasteiger charge is 2.21. The molecule has 4 heterocycles. The summed E-state index contributed by atoms with van der Waals surface area (Å²) in [7, 11) is 1.77. The lowest BCUT2D eigenvalue weighted by atomic mass is 10.1. The van der Waals surface area contributed by atoms with Crippen LogP contribution in [0, 0.1) is 6.92 Å². The van der Waals surface area contributed by atoms with Crippen LogP contribution in [0.1, 0.15) is 49.9 Å². The van der Waals surface area contributed by atoms with Crippen LogP contribution < -0.4 is 10.2 Å². The van der Waals surface area contributed by atoms with E-state index in [1.807, 2.05) is 46.0 Å². The van der Waals surface area contributed by atoms with Crippen LogP contribution in [0.15, 0.2) is 48.7 Å². The zero-order chi connectivity index (χ0) is 29.1. The van der Waals surface area contributed by atoms with Crippen LogP contribution in [0.25, 0.3) is 21.2 Å². The van der Waals surface area contributed by atoms with Crippen molar-refractivity contribution in [1.29, 1.82) is 0 Å². The topological polar surface area (TPSA) is 92.7 Å². The average Bonchev–Trinajstić information content (AvgIpc) is 3.45. The molecule has 1 saturated heterocycles. The molecule has 0 spiro atoms. The van der Waals surface area contributed by atoms with E-state index in [1.165, 1.54) is 4.88 Å². The molecule has 3 aromatic heterocycles. The number of hydrogen-bond acceptors (Lipinski definition) is 9. The molecule has 1 aliphatic heterocycles. The van der Waals surface area contributed by atoms with Crippen molar-refractivity contribution in [3.05, 3.63) is 64.8 Å². The summed E-state index contributed by atoms with van der Waals surface area (Å²) in [6, 6.07) is 14.6. The molecule has 9 nitrogen and oxygen atoms in total. The molecule has 0 bridgehead atoms. The molecule has 1 atom stereocenters. The lowest BCUT2D eigenvalue weighted by Gasteiger charge is -2.28. The maximum atomic E-state index is 12.6. The average molecular weight is 575 g/mol. The Labute approximate surface area is 245 Å². The van der Waals surface area contributed by atoms with Crippen LogP contribution in [0.5, 0.6) is 0 Å². The standard InChI is InChI=1S/C31H38N6O3S/c1-20-25-18-32-28(37-13-15-39-16-14-37)17-24(25)29(35-34-20)33-21(2)26-11-12-27(41-26)23-10-8-7-9-22(23)19-36(6)30(38)40-31(3,4)5/h7-12,17-18,21H,13-16,19H2,1-6H3,(H,33,35)/t21-/m1/s1. The normalized spacial score (nSPS) is 14.6. The number of amides is 1. The van der Waals surface area contributed by atoms with Gasteiger partial charge < -0.3 is 24.6 Å². The smallest absolute Gasteiger partial charge is 0.410 e. The fraction of sp³-hybridized carbons (Fsp3) is 0.419. The number of carbonyl (C=O) groups is 1. The molecule has 4 aromatic rings. The Morgan fingerprint density at radius 1 is 1.15 bits per heavy atom. The minimum atomic E-state index is -0.537. The lowest BCUT2D eigenvalue weighted by Crippen LogP contribution is -2.36. The number of benzene rings is 1. The minimum Gasteiger partial charge on any atom is -0.444 e. The minimum absolute atomic E-state index is 0.00515. The van der Waals surface area contributed by atoms with Crippen LogP contribution in [0.4, 0.5) is 16.4 Å². The van der Waals surface area contributed by atoms with Crippen molar-refractivity contribution in [1.82, 2.24) is 20.1 Å². The Hall–Kier alpha value is -3.76. The molecule has 0 unspecified atom stereocenters. The van der Waals surface area contributed by atoms with Crippen molar-refractivity contribution in [2.24, 2.45) is 0 Å². The molecule has 1 aromatic carbocycles. The molecule has 1 fully saturated rings. The van der Waals surface area contributed by atoms with Gasteiger partial charge in [-0.05, 0) is 63.9 Å². The highest BCUT2D eigenvalue weighted by atomic mass is 32.1. The van der Waals surface area contributed by atoms with Gasteiger partial charge in [0.1, 0.15) is 11.4 Å². The molecular weight excluding hydrogens is 536 g/mol. The largest absolute Gasteiger partial charge is 0.444 e. The zero-order valence-corrected chi connectivity index (χ0v) is 25.4. The van der Waals surface area contributed by atoms with E-state index in [0.717, 1.165) is 57.2 Å². The first-order valence-corrected chi connectivity index (χ1v) is 14.7. The first-order chi connectivity index (χ1) is 19.6. The number of aromatic nitrogens is 3. The van der Waals surface area contributed by atoms with E-state index in [2.05, 4.69) is 57.7 Å². The third-order valence-electron chi connectivity index (χ3n) is 6.97. The van der Waals surface area contributed by atoms with Gasteiger partial charge in [0.15, 0.2) is 5.82 Å². The van der Waals surface area contributed by atoms with E-state index >= 15 is 0 Å². The fourth-order valence-electron chi connectivity index (χ4n) is 4.80. The molecule has 0 radical (unpaired) electrons. The predicted octanol–water partition coefficient (Wildman–Crippen LogP) is 6.44. The summed E-state index contributed by atoms with van der Waals surface area (Å²) in [5, 5.41) is 14.5. The fourth-order valence-corrected chi connectivity index (χ4v) is 5.87. The number of hydrogen-bond donors (Lipinski definition) is 1. The second kappa shape index (κ2) is 12.0. The van der Waals surface area contributed by atoms with Gasteiger partial charge in [-0.15, -0.1) is 16.4 Å². The van der Waals surface area contributed by atoms with Gasteiger partial charge in [0, 0.05) is 53.4 Å². The zero-order valence-electron chi connectivity index (χ0n) is 24.6. The number of pyridine rings is 1. The second-order valence-electron chi connectivity index (χ2n) is 11.4. The van der Waals surface area contributed by atoms with Crippen molar-refractivity contribution >= 4 is 39.8 Å². The van der Waals surface area contributed by atoms with Gasteiger partial charge in [-0.1, -0.05) is 24.3 Å². The first kappa shape index (κ1) is 28.8. The first-order valence-electron chi connectivity index (χ1n) is 13.9. The quantitative estimate of drug-likeness (QED) is 0.270. The number of nitrogens with zero attached hydrogens (tertiary/aromatic N) is 5. The van der Waals surface area contributed by atoms with Gasteiger partial charge in [0.25, 0.3) is 0 Å². The number of carbonyl (C=O) groups excluding carboxylic acids is 1. The number of anilines is 2. The van der Waals surface area contributed by atoms with E-state index in [4.69, 9.17) is 14.5 Å². The maximum absolute atomic E-state index is 12.6. The molecule has 41 heavy (non-hydrogen) atoms. The van der Waals surface area contributed by atoms with E-state index in [9.17, 15) is 4.79 Å². The van der Waals surface area contributed by atoms with Crippen molar-refractivity contribution in [3.63, 3.8) is 0 Å². The molecule has 1 amide bonds. The Kier molecular flexibility index (Phi) is 8.42. The number of aryl methyl sites for hydroxylation is 1. The third-order valence-corrected chi connectivity index (χ3v) is 8.27. The maximum Gasteiger partial charge on any atom is 0.410 e. The summed E-state index contributed by atoms with van der Waals surface area (Å²) in [5.41, 5.74) is 2.48. The van der Waals surface area contributed by atoms with Gasteiger partial charge in [-0.25, -0.2) is 9.78 Å². The van der Waals surface area contributed by atoms with E-state index in [1.54, 1.807) is 23.3 Å². The Balaban J connectivity index is 1.36. The third kappa shape index (κ3) is 6.77. The number of ether oxygens (including phenoxy) is 2. The number of rotatable bonds is 7. The molecule has 5 rings (SSSR count). The van der Waals surface area contributed by atoms with Crippen LogP contribution in [0.3, 0.4) is 0 Å². The second-order valence-corrected chi connectivity index (χ2v) is 12.5. The molecule has 0 aliphatic carbocycles. The van der Waals surface area contributed by atoms with E-state index in [0.29, 0.717) is 19.8 Å². The van der Waals surface area contributed by atoms with Gasteiger partial charge in [0.05, 0.1) is 24.9 Å². The molecule has 0 saturated carbocycles. The molecule has 10 heteroatoms. The van der Waals surface area contributed by atoms with Gasteiger partial charge in [-0.2, -0.15) is 5.10 Å². The van der Waals surface area contributed by atoms with E-state index in [-0.39, 0.29) is 12.1 Å². The summed E-state index contributed by atoms with van der Waals surface area (Å²) in [5.74, 6) is 1.67. The lowest BCUT2D eigenvalue weighted by molar-refractivity contribution is 0.0285. The van der Waals surface area contributed by atoms with Crippen LogP contribution >= 0.6 is 11.3 Å². The molecule has 1 aliphatic rings. The van der Waals surface area contributed by atoms with Crippen molar-refractivity contribution in [3.8, 4) is 10.4 Å². The number of morpholine rings is 1. The van der Waals surface area contributed by atoms with Gasteiger partial charge in [-0.3, -0.25) is 0 Å². The van der Waals surface area contributed by atoms with Crippen molar-refractivity contribution < 1.29 is 14.3 Å². The van der Waals surface area contributed by atoms with Gasteiger partial charge >= 0.3 is 6.09 Å². The monoisotopic (exact) mass is 574 g/mol. The predicted molar refractivity (Wildman–Crippen MR) is 165 cm³/mol. The van der Waals surface area contributed by atoms with Crippen LogP contribution in [-0.4, -0.2) is 65.1 Å². The number of fused-ring (bicyclic) bond motifs is 1. The van der Waals surface area contributed by atoms with Crippen molar-refractivity contribution in [2.75, 3.05) is 43.6 Å². The molecular formula is C31H38N6O3S. The van der Waals surface area contributed by atoms with Crippen LogP contribution in [-0.2, 0) is 16.0 Å². The number of nitrogens with one attached hydrogen (secondary N) is 1.